The Bertz CT molecular complexity index is 773. The molecule has 1 heterocycles. The molecule has 1 aliphatic rings. The van der Waals surface area contributed by atoms with Gasteiger partial charge in [0.15, 0.2) is 0 Å². The molecule has 0 spiro atoms. The van der Waals surface area contributed by atoms with Crippen LogP contribution in [0, 0.1) is 0 Å². The van der Waals surface area contributed by atoms with Crippen molar-refractivity contribution in [3.8, 4) is 0 Å². The molecular formula is C17H25Cl2N3O4S. The minimum Gasteiger partial charge on any atom is -0.444 e. The van der Waals surface area contributed by atoms with Gasteiger partial charge in [-0.25, -0.2) is 17.9 Å². The number of amides is 1. The molecule has 1 N–H and O–H groups in total. The first kappa shape index (κ1) is 22.2. The topological polar surface area (TPSA) is 79.0 Å². The SMILES string of the molecule is CC(C)(C)OC(=O)N1CCN(CCNS(=O)(=O)c2ccc(Cl)cc2Cl)CC1. The van der Waals surface area contributed by atoms with Gasteiger partial charge < -0.3 is 9.64 Å². The van der Waals surface area contributed by atoms with Crippen LogP contribution in [0.3, 0.4) is 0 Å². The molecule has 1 saturated heterocycles. The molecule has 1 aliphatic heterocycles. The Kier molecular flexibility index (Phi) is 7.38. The Labute approximate surface area is 170 Å². The van der Waals surface area contributed by atoms with Gasteiger partial charge in [0.1, 0.15) is 10.5 Å². The molecule has 10 heteroatoms. The molecule has 0 aromatic heterocycles. The minimum absolute atomic E-state index is 0.00307. The number of benzene rings is 1. The monoisotopic (exact) mass is 437 g/mol. The maximum Gasteiger partial charge on any atom is 0.410 e. The van der Waals surface area contributed by atoms with Crippen LogP contribution in [-0.2, 0) is 14.8 Å². The third kappa shape index (κ3) is 6.80. The van der Waals surface area contributed by atoms with Gasteiger partial charge in [-0.05, 0) is 39.0 Å². The lowest BCUT2D eigenvalue weighted by molar-refractivity contribution is 0.0147. The van der Waals surface area contributed by atoms with Gasteiger partial charge in [0, 0.05) is 44.3 Å². The summed E-state index contributed by atoms with van der Waals surface area (Å²) in [7, 11) is -3.70. The van der Waals surface area contributed by atoms with E-state index >= 15 is 0 Å². The van der Waals surface area contributed by atoms with Crippen LogP contribution in [0.2, 0.25) is 10.0 Å². The van der Waals surface area contributed by atoms with E-state index in [0.29, 0.717) is 37.7 Å². The summed E-state index contributed by atoms with van der Waals surface area (Å²) in [5.41, 5.74) is -0.518. The number of nitrogens with zero attached hydrogens (tertiary/aromatic N) is 2. The highest BCUT2D eigenvalue weighted by atomic mass is 35.5. The summed E-state index contributed by atoms with van der Waals surface area (Å²) < 4.78 is 32.6. The zero-order valence-electron chi connectivity index (χ0n) is 15.7. The van der Waals surface area contributed by atoms with Crippen molar-refractivity contribution in [1.29, 1.82) is 0 Å². The third-order valence-corrected chi connectivity index (χ3v) is 6.11. The molecule has 152 valence electrons. The van der Waals surface area contributed by atoms with Crippen LogP contribution in [0.5, 0.6) is 0 Å². The van der Waals surface area contributed by atoms with E-state index in [0.717, 1.165) is 0 Å². The number of carbonyl (C=O) groups excluding carboxylic acids is 1. The Morgan fingerprint density at radius 2 is 1.81 bits per heavy atom. The fraction of sp³-hybridized carbons (Fsp3) is 0.588. The fourth-order valence-electron chi connectivity index (χ4n) is 2.59. The minimum atomic E-state index is -3.70. The maximum atomic E-state index is 12.4. The Morgan fingerprint density at radius 3 is 2.37 bits per heavy atom. The highest BCUT2D eigenvalue weighted by molar-refractivity contribution is 7.89. The second kappa shape index (κ2) is 8.96. The van der Waals surface area contributed by atoms with E-state index in [-0.39, 0.29) is 22.6 Å². The van der Waals surface area contributed by atoms with Gasteiger partial charge in [0.05, 0.1) is 5.02 Å². The van der Waals surface area contributed by atoms with Gasteiger partial charge in [-0.1, -0.05) is 23.2 Å². The van der Waals surface area contributed by atoms with Crippen molar-refractivity contribution in [3.63, 3.8) is 0 Å². The predicted octanol–water partition coefficient (Wildman–Crippen LogP) is 2.82. The highest BCUT2D eigenvalue weighted by Crippen LogP contribution is 2.24. The molecule has 1 aromatic rings. The number of nitrogens with one attached hydrogen (secondary N) is 1. The van der Waals surface area contributed by atoms with E-state index in [2.05, 4.69) is 9.62 Å². The molecule has 2 rings (SSSR count). The lowest BCUT2D eigenvalue weighted by Crippen LogP contribution is -2.51. The summed E-state index contributed by atoms with van der Waals surface area (Å²) in [4.78, 5) is 15.8. The van der Waals surface area contributed by atoms with Gasteiger partial charge >= 0.3 is 6.09 Å². The summed E-state index contributed by atoms with van der Waals surface area (Å²) in [6.07, 6.45) is -0.319. The van der Waals surface area contributed by atoms with Crippen molar-refractivity contribution in [3.05, 3.63) is 28.2 Å². The quantitative estimate of drug-likeness (QED) is 0.765. The average Bonchev–Trinajstić information content (AvgIpc) is 2.53. The Morgan fingerprint density at radius 1 is 1.19 bits per heavy atom. The van der Waals surface area contributed by atoms with Crippen LogP contribution < -0.4 is 4.72 Å². The van der Waals surface area contributed by atoms with Crippen LogP contribution in [0.4, 0.5) is 4.79 Å². The number of halogens is 2. The van der Waals surface area contributed by atoms with Crippen molar-refractivity contribution in [2.75, 3.05) is 39.3 Å². The molecule has 0 radical (unpaired) electrons. The summed E-state index contributed by atoms with van der Waals surface area (Å²) in [6.45, 7) is 8.68. The van der Waals surface area contributed by atoms with E-state index in [1.807, 2.05) is 20.8 Å². The van der Waals surface area contributed by atoms with Crippen LogP contribution in [0.15, 0.2) is 23.1 Å². The smallest absolute Gasteiger partial charge is 0.410 e. The van der Waals surface area contributed by atoms with Gasteiger partial charge in [-0.2, -0.15) is 0 Å². The zero-order chi connectivity index (χ0) is 20.2. The number of piperazine rings is 1. The second-order valence-electron chi connectivity index (χ2n) is 7.28. The molecule has 1 fully saturated rings. The van der Waals surface area contributed by atoms with Crippen LogP contribution in [-0.4, -0.2) is 69.2 Å². The summed E-state index contributed by atoms with van der Waals surface area (Å²) in [5.74, 6) is 0. The number of hydrogen-bond acceptors (Lipinski definition) is 5. The third-order valence-electron chi connectivity index (χ3n) is 3.93. The number of sulfonamides is 1. The molecular weight excluding hydrogens is 413 g/mol. The van der Waals surface area contributed by atoms with Crippen molar-refractivity contribution in [1.82, 2.24) is 14.5 Å². The maximum absolute atomic E-state index is 12.4. The van der Waals surface area contributed by atoms with Gasteiger partial charge in [0.25, 0.3) is 0 Å². The second-order valence-corrected chi connectivity index (χ2v) is 9.86. The molecule has 0 saturated carbocycles. The molecule has 7 nitrogen and oxygen atoms in total. The molecule has 27 heavy (non-hydrogen) atoms. The predicted molar refractivity (Wildman–Crippen MR) is 106 cm³/mol. The number of rotatable bonds is 5. The summed E-state index contributed by atoms with van der Waals surface area (Å²) in [5, 5.41) is 0.461. The van der Waals surface area contributed by atoms with Crippen molar-refractivity contribution < 1.29 is 17.9 Å². The summed E-state index contributed by atoms with van der Waals surface area (Å²) in [6, 6.07) is 4.26. The Balaban J connectivity index is 1.79. The fourth-order valence-corrected chi connectivity index (χ4v) is 4.38. The van der Waals surface area contributed by atoms with Crippen LogP contribution in [0.1, 0.15) is 20.8 Å². The standard InChI is InChI=1S/C17H25Cl2N3O4S/c1-17(2,3)26-16(23)22-10-8-21(9-11-22)7-6-20-27(24,25)15-5-4-13(18)12-14(15)19/h4-5,12,20H,6-11H2,1-3H3. The first-order valence-corrected chi connectivity index (χ1v) is 10.9. The normalized spacial score (nSPS) is 16.4. The van der Waals surface area contributed by atoms with E-state index in [9.17, 15) is 13.2 Å². The average molecular weight is 438 g/mol. The highest BCUT2D eigenvalue weighted by Gasteiger charge is 2.26. The first-order chi connectivity index (χ1) is 12.5. The first-order valence-electron chi connectivity index (χ1n) is 8.63. The van der Waals surface area contributed by atoms with E-state index in [1.165, 1.54) is 18.2 Å². The molecule has 0 atom stereocenters. The zero-order valence-corrected chi connectivity index (χ0v) is 18.0. The van der Waals surface area contributed by atoms with Crippen molar-refractivity contribution >= 4 is 39.3 Å². The lowest BCUT2D eigenvalue weighted by atomic mass is 10.2. The molecule has 1 aromatic carbocycles. The molecule has 0 aliphatic carbocycles. The van der Waals surface area contributed by atoms with E-state index in [4.69, 9.17) is 27.9 Å². The van der Waals surface area contributed by atoms with Gasteiger partial charge in [0.2, 0.25) is 10.0 Å². The van der Waals surface area contributed by atoms with Crippen LogP contribution in [0.25, 0.3) is 0 Å². The largest absolute Gasteiger partial charge is 0.444 e. The number of hydrogen-bond donors (Lipinski definition) is 1. The van der Waals surface area contributed by atoms with Gasteiger partial charge in [-0.15, -0.1) is 0 Å². The van der Waals surface area contributed by atoms with E-state index in [1.54, 1.807) is 4.90 Å². The van der Waals surface area contributed by atoms with E-state index < -0.39 is 15.6 Å². The van der Waals surface area contributed by atoms with Crippen molar-refractivity contribution in [2.45, 2.75) is 31.3 Å². The summed E-state index contributed by atoms with van der Waals surface area (Å²) >= 11 is 11.8. The number of ether oxygens (including phenoxy) is 1. The van der Waals surface area contributed by atoms with Gasteiger partial charge in [-0.3, -0.25) is 4.90 Å². The van der Waals surface area contributed by atoms with Crippen LogP contribution >= 0.6 is 23.2 Å². The van der Waals surface area contributed by atoms with Crippen molar-refractivity contribution in [2.24, 2.45) is 0 Å². The molecule has 0 bridgehead atoms. The number of carbonyl (C=O) groups is 1. The lowest BCUT2D eigenvalue weighted by Gasteiger charge is -2.35. The molecule has 0 unspecified atom stereocenters. The Hall–Kier alpha value is -1.06. The molecule has 1 amide bonds.